The number of aryl methyl sites for hydroxylation is 3. The van der Waals surface area contributed by atoms with Crippen molar-refractivity contribution in [2.75, 3.05) is 13.2 Å². The fourth-order valence-electron chi connectivity index (χ4n) is 3.04. The molecule has 1 saturated heterocycles. The topological polar surface area (TPSA) is 29.5 Å². The summed E-state index contributed by atoms with van der Waals surface area (Å²) in [6, 6.07) is 4.38. The molecule has 2 heteroatoms. The molecule has 0 amide bonds. The molecule has 94 valence electrons. The number of aliphatic hydroxyl groups is 1. The zero-order valence-corrected chi connectivity index (χ0v) is 11.4. The highest BCUT2D eigenvalue weighted by Crippen LogP contribution is 2.44. The average Bonchev–Trinajstić information content (AvgIpc) is 2.04. The molecule has 0 aromatic heterocycles. The van der Waals surface area contributed by atoms with Gasteiger partial charge in [-0.1, -0.05) is 17.7 Å². The van der Waals surface area contributed by atoms with Crippen molar-refractivity contribution in [3.05, 3.63) is 34.4 Å². The Morgan fingerprint density at radius 2 is 1.59 bits per heavy atom. The van der Waals surface area contributed by atoms with Gasteiger partial charge in [0.05, 0.1) is 24.2 Å². The molecule has 1 aliphatic heterocycles. The second-order valence-corrected chi connectivity index (χ2v) is 5.91. The van der Waals surface area contributed by atoms with Gasteiger partial charge < -0.3 is 9.84 Å². The molecule has 1 N–H and O–H groups in total. The molecule has 0 spiro atoms. The van der Waals surface area contributed by atoms with Gasteiger partial charge in [0.2, 0.25) is 0 Å². The molecule has 0 atom stereocenters. The maximum Gasteiger partial charge on any atom is 0.0732 e. The zero-order chi connectivity index (χ0) is 12.8. The fourth-order valence-corrected chi connectivity index (χ4v) is 3.04. The van der Waals surface area contributed by atoms with Crippen molar-refractivity contribution in [3.63, 3.8) is 0 Å². The van der Waals surface area contributed by atoms with Crippen molar-refractivity contribution in [1.82, 2.24) is 0 Å². The monoisotopic (exact) mass is 234 g/mol. The molecular weight excluding hydrogens is 212 g/mol. The quantitative estimate of drug-likeness (QED) is 0.852. The Kier molecular flexibility index (Phi) is 2.83. The van der Waals surface area contributed by atoms with E-state index in [-0.39, 0.29) is 5.41 Å². The predicted octanol–water partition coefficient (Wildman–Crippen LogP) is 2.65. The highest BCUT2D eigenvalue weighted by molar-refractivity contribution is 5.46. The number of hydrogen-bond acceptors (Lipinski definition) is 2. The van der Waals surface area contributed by atoms with E-state index in [1.54, 1.807) is 0 Å². The third-order valence-electron chi connectivity index (χ3n) is 4.02. The summed E-state index contributed by atoms with van der Waals surface area (Å²) >= 11 is 0. The van der Waals surface area contributed by atoms with Gasteiger partial charge in [0.1, 0.15) is 0 Å². The lowest BCUT2D eigenvalue weighted by Crippen LogP contribution is -2.61. The number of benzene rings is 1. The van der Waals surface area contributed by atoms with Crippen molar-refractivity contribution in [3.8, 4) is 0 Å². The van der Waals surface area contributed by atoms with Gasteiger partial charge in [0.15, 0.2) is 0 Å². The minimum Gasteiger partial charge on any atom is -0.389 e. The van der Waals surface area contributed by atoms with Gasteiger partial charge >= 0.3 is 0 Å². The normalized spacial score (nSPS) is 18.9. The molecule has 2 nitrogen and oxygen atoms in total. The summed E-state index contributed by atoms with van der Waals surface area (Å²) in [5.74, 6) is 0. The Balaban J connectivity index is 2.60. The summed E-state index contributed by atoms with van der Waals surface area (Å²) in [4.78, 5) is 0. The summed E-state index contributed by atoms with van der Waals surface area (Å²) in [5, 5.41) is 10.5. The molecule has 1 aromatic rings. The summed E-state index contributed by atoms with van der Waals surface area (Å²) in [5.41, 5.74) is 4.06. The van der Waals surface area contributed by atoms with Crippen LogP contribution in [0.2, 0.25) is 0 Å². The van der Waals surface area contributed by atoms with Crippen LogP contribution >= 0.6 is 0 Å². The van der Waals surface area contributed by atoms with Gasteiger partial charge in [-0.05, 0) is 51.3 Å². The van der Waals surface area contributed by atoms with Crippen LogP contribution < -0.4 is 0 Å². The minimum absolute atomic E-state index is 0.241. The Morgan fingerprint density at radius 1 is 1.12 bits per heavy atom. The Morgan fingerprint density at radius 3 is 1.88 bits per heavy atom. The first-order chi connectivity index (χ1) is 7.78. The molecule has 0 bridgehead atoms. The summed E-state index contributed by atoms with van der Waals surface area (Å²) in [6.45, 7) is 11.4. The van der Waals surface area contributed by atoms with Crippen LogP contribution in [0.1, 0.15) is 36.1 Å². The molecule has 0 unspecified atom stereocenters. The number of ether oxygens (including phenoxy) is 1. The maximum absolute atomic E-state index is 10.5. The molecule has 17 heavy (non-hydrogen) atoms. The molecular formula is C15H22O2. The molecule has 1 aromatic carbocycles. The van der Waals surface area contributed by atoms with E-state index in [9.17, 15) is 5.11 Å². The molecule has 1 aliphatic rings. The number of rotatable bonds is 2. The van der Waals surface area contributed by atoms with Gasteiger partial charge in [-0.15, -0.1) is 0 Å². The fraction of sp³-hybridized carbons (Fsp3) is 0.600. The van der Waals surface area contributed by atoms with Crippen LogP contribution in [-0.4, -0.2) is 23.9 Å². The third-order valence-corrected chi connectivity index (χ3v) is 4.02. The minimum atomic E-state index is -0.754. The van der Waals surface area contributed by atoms with Crippen molar-refractivity contribution >= 4 is 0 Å². The van der Waals surface area contributed by atoms with E-state index in [0.29, 0.717) is 13.2 Å². The summed E-state index contributed by atoms with van der Waals surface area (Å²) in [6.07, 6.45) is 0. The highest BCUT2D eigenvalue weighted by Gasteiger charge is 2.52. The molecule has 1 heterocycles. The Hall–Kier alpha value is -0.860. The van der Waals surface area contributed by atoms with E-state index in [4.69, 9.17) is 4.74 Å². The van der Waals surface area contributed by atoms with Crippen LogP contribution in [0.4, 0.5) is 0 Å². The number of hydrogen-bond donors (Lipinski definition) is 1. The SMILES string of the molecule is Cc1cc(C)c(C2(C(C)(C)O)COC2)c(C)c1. The predicted molar refractivity (Wildman–Crippen MR) is 69.4 cm³/mol. The standard InChI is InChI=1S/C15H22O2/c1-10-6-11(2)13(12(3)7-10)15(8-17-9-15)14(4,5)16/h6-7,16H,8-9H2,1-5H3. The van der Waals surface area contributed by atoms with Crippen LogP contribution in [0.3, 0.4) is 0 Å². The Bertz CT molecular complexity index is 414. The maximum atomic E-state index is 10.5. The molecule has 0 aliphatic carbocycles. The molecule has 1 fully saturated rings. The van der Waals surface area contributed by atoms with Crippen molar-refractivity contribution in [1.29, 1.82) is 0 Å². The first-order valence-corrected chi connectivity index (χ1v) is 6.16. The van der Waals surface area contributed by atoms with Gasteiger partial charge in [-0.2, -0.15) is 0 Å². The lowest BCUT2D eigenvalue weighted by Gasteiger charge is -2.51. The van der Waals surface area contributed by atoms with E-state index < -0.39 is 5.60 Å². The van der Waals surface area contributed by atoms with E-state index >= 15 is 0 Å². The third kappa shape index (κ3) is 1.80. The van der Waals surface area contributed by atoms with Gasteiger partial charge in [-0.3, -0.25) is 0 Å². The van der Waals surface area contributed by atoms with Crippen LogP contribution in [-0.2, 0) is 10.2 Å². The van der Waals surface area contributed by atoms with E-state index in [1.165, 1.54) is 22.3 Å². The second-order valence-electron chi connectivity index (χ2n) is 5.91. The van der Waals surface area contributed by atoms with Crippen LogP contribution in [0.15, 0.2) is 12.1 Å². The van der Waals surface area contributed by atoms with Crippen molar-refractivity contribution in [2.24, 2.45) is 0 Å². The summed E-state index contributed by atoms with van der Waals surface area (Å²) in [7, 11) is 0. The van der Waals surface area contributed by atoms with Gasteiger partial charge in [0.25, 0.3) is 0 Å². The van der Waals surface area contributed by atoms with Crippen LogP contribution in [0.25, 0.3) is 0 Å². The van der Waals surface area contributed by atoms with E-state index in [2.05, 4.69) is 32.9 Å². The molecule has 0 saturated carbocycles. The smallest absolute Gasteiger partial charge is 0.0732 e. The van der Waals surface area contributed by atoms with Crippen molar-refractivity contribution < 1.29 is 9.84 Å². The van der Waals surface area contributed by atoms with Crippen molar-refractivity contribution in [2.45, 2.75) is 45.6 Å². The first kappa shape index (κ1) is 12.6. The van der Waals surface area contributed by atoms with Gasteiger partial charge in [0, 0.05) is 0 Å². The zero-order valence-electron chi connectivity index (χ0n) is 11.4. The Labute approximate surface area is 104 Å². The van der Waals surface area contributed by atoms with Gasteiger partial charge in [-0.25, -0.2) is 0 Å². The van der Waals surface area contributed by atoms with Crippen LogP contribution in [0.5, 0.6) is 0 Å². The summed E-state index contributed by atoms with van der Waals surface area (Å²) < 4.78 is 5.40. The lowest BCUT2D eigenvalue weighted by atomic mass is 9.64. The first-order valence-electron chi connectivity index (χ1n) is 6.16. The lowest BCUT2D eigenvalue weighted by molar-refractivity contribution is -0.158. The van der Waals surface area contributed by atoms with E-state index in [1.807, 2.05) is 13.8 Å². The molecule has 2 rings (SSSR count). The second kappa shape index (κ2) is 3.82. The average molecular weight is 234 g/mol. The van der Waals surface area contributed by atoms with Crippen LogP contribution in [0, 0.1) is 20.8 Å². The highest BCUT2D eigenvalue weighted by atomic mass is 16.5. The van der Waals surface area contributed by atoms with E-state index in [0.717, 1.165) is 0 Å². The largest absolute Gasteiger partial charge is 0.389 e. The molecule has 0 radical (unpaired) electrons.